The first-order valence-corrected chi connectivity index (χ1v) is 9.42. The van der Waals surface area contributed by atoms with Gasteiger partial charge in [0.25, 0.3) is 11.1 Å². The summed E-state index contributed by atoms with van der Waals surface area (Å²) in [6.45, 7) is 5.47. The summed E-state index contributed by atoms with van der Waals surface area (Å²) in [5.74, 6) is -0.845. The summed E-state index contributed by atoms with van der Waals surface area (Å²) in [7, 11) is 0. The molecule has 1 aliphatic heterocycles. The normalized spacial score (nSPS) is 17.0. The van der Waals surface area contributed by atoms with Crippen molar-refractivity contribution in [3.8, 4) is 5.75 Å². The molecule has 0 spiro atoms. The molecule has 2 rings (SSSR count). The Balaban J connectivity index is 2.29. The third-order valence-corrected chi connectivity index (χ3v) is 4.89. The number of ether oxygens (including phenoxy) is 2. The second kappa shape index (κ2) is 8.79. The van der Waals surface area contributed by atoms with Crippen molar-refractivity contribution in [3.63, 3.8) is 0 Å². The van der Waals surface area contributed by atoms with Crippen molar-refractivity contribution in [2.75, 3.05) is 13.2 Å². The second-order valence-corrected chi connectivity index (χ2v) is 7.03. The quantitative estimate of drug-likeness (QED) is 0.504. The zero-order chi connectivity index (χ0) is 19.4. The average molecular weight is 418 g/mol. The highest BCUT2D eigenvalue weighted by molar-refractivity contribution is 8.18. The molecule has 1 aromatic rings. The van der Waals surface area contributed by atoms with Gasteiger partial charge in [0.2, 0.25) is 0 Å². The summed E-state index contributed by atoms with van der Waals surface area (Å²) in [6.07, 6.45) is 1.50. The molecule has 0 aromatic heterocycles. The molecule has 1 heterocycles. The molecule has 0 aliphatic carbocycles. The summed E-state index contributed by atoms with van der Waals surface area (Å²) >= 11 is 13.0. The van der Waals surface area contributed by atoms with Crippen LogP contribution >= 0.6 is 35.0 Å². The van der Waals surface area contributed by atoms with Crippen molar-refractivity contribution < 1.29 is 23.9 Å². The molecule has 9 heteroatoms. The Labute approximate surface area is 165 Å². The minimum absolute atomic E-state index is 0.165. The van der Waals surface area contributed by atoms with Crippen LogP contribution in [0.3, 0.4) is 0 Å². The van der Waals surface area contributed by atoms with Crippen LogP contribution in [-0.2, 0) is 14.3 Å². The molecular formula is C17H17Cl2NO5S. The maximum absolute atomic E-state index is 12.5. The van der Waals surface area contributed by atoms with E-state index in [0.29, 0.717) is 28.0 Å². The highest BCUT2D eigenvalue weighted by Crippen LogP contribution is 2.38. The maximum Gasteiger partial charge on any atom is 0.329 e. The van der Waals surface area contributed by atoms with Crippen LogP contribution in [0.25, 0.3) is 6.08 Å². The molecule has 2 amide bonds. The Kier molecular flexibility index (Phi) is 6.97. The molecule has 140 valence electrons. The number of hydrogen-bond acceptors (Lipinski definition) is 6. The predicted octanol–water partition coefficient (Wildman–Crippen LogP) is 4.38. The van der Waals surface area contributed by atoms with Gasteiger partial charge in [0.05, 0.1) is 28.2 Å². The number of nitrogens with zero attached hydrogens (tertiary/aromatic N) is 1. The number of amides is 2. The Hall–Kier alpha value is -1.70. The zero-order valence-corrected chi connectivity index (χ0v) is 16.7. The SMILES string of the molecule is CCOC(=O)[C@@H](C)N1C(=O)S/C(=C/c2cc(Cl)c(OCC)c(Cl)c2)C1=O. The van der Waals surface area contributed by atoms with E-state index in [1.165, 1.54) is 13.0 Å². The molecular weight excluding hydrogens is 401 g/mol. The maximum atomic E-state index is 12.5. The Morgan fingerprint density at radius 3 is 2.38 bits per heavy atom. The minimum atomic E-state index is -0.999. The zero-order valence-electron chi connectivity index (χ0n) is 14.4. The monoisotopic (exact) mass is 417 g/mol. The number of esters is 1. The number of halogens is 2. The van der Waals surface area contributed by atoms with E-state index >= 15 is 0 Å². The first kappa shape index (κ1) is 20.6. The first-order valence-electron chi connectivity index (χ1n) is 7.85. The van der Waals surface area contributed by atoms with Crippen LogP contribution in [0.5, 0.6) is 5.75 Å². The summed E-state index contributed by atoms with van der Waals surface area (Å²) in [5, 5.41) is 0.0550. The summed E-state index contributed by atoms with van der Waals surface area (Å²) < 4.78 is 10.2. The molecule has 26 heavy (non-hydrogen) atoms. The van der Waals surface area contributed by atoms with Crippen LogP contribution in [0.2, 0.25) is 10.0 Å². The van der Waals surface area contributed by atoms with Crippen LogP contribution in [0.15, 0.2) is 17.0 Å². The van der Waals surface area contributed by atoms with Crippen molar-refractivity contribution in [2.45, 2.75) is 26.8 Å². The molecule has 0 saturated carbocycles. The smallest absolute Gasteiger partial charge is 0.329 e. The number of carbonyl (C=O) groups excluding carboxylic acids is 3. The van der Waals surface area contributed by atoms with E-state index in [1.807, 2.05) is 0 Å². The van der Waals surface area contributed by atoms with Gasteiger partial charge in [0, 0.05) is 0 Å². The third kappa shape index (κ3) is 4.34. The van der Waals surface area contributed by atoms with Crippen LogP contribution in [0.4, 0.5) is 4.79 Å². The molecule has 1 atom stereocenters. The fourth-order valence-electron chi connectivity index (χ4n) is 2.28. The summed E-state index contributed by atoms with van der Waals surface area (Å²) in [4.78, 5) is 37.6. The van der Waals surface area contributed by atoms with Gasteiger partial charge in [0.15, 0.2) is 5.75 Å². The standard InChI is InChI=1S/C17H17Cl2NO5S/c1-4-24-14-11(18)6-10(7-12(14)19)8-13-15(21)20(17(23)26-13)9(3)16(22)25-5-2/h6-9H,4-5H2,1-3H3/b13-8+/t9-/m1/s1. The fourth-order valence-corrected chi connectivity index (χ4v) is 3.80. The molecule has 0 bridgehead atoms. The topological polar surface area (TPSA) is 72.9 Å². The van der Waals surface area contributed by atoms with Crippen molar-refractivity contribution in [1.29, 1.82) is 0 Å². The fraction of sp³-hybridized carbons (Fsp3) is 0.353. The lowest BCUT2D eigenvalue weighted by atomic mass is 10.2. The lowest BCUT2D eigenvalue weighted by Crippen LogP contribution is -2.42. The van der Waals surface area contributed by atoms with Gasteiger partial charge in [-0.25, -0.2) is 4.79 Å². The Bertz CT molecular complexity index is 757. The number of benzene rings is 1. The van der Waals surface area contributed by atoms with Gasteiger partial charge in [0.1, 0.15) is 6.04 Å². The van der Waals surface area contributed by atoms with E-state index in [4.69, 9.17) is 32.7 Å². The summed E-state index contributed by atoms with van der Waals surface area (Å²) in [6, 6.07) is 2.17. The molecule has 0 unspecified atom stereocenters. The predicted molar refractivity (Wildman–Crippen MR) is 102 cm³/mol. The Morgan fingerprint density at radius 2 is 1.85 bits per heavy atom. The third-order valence-electron chi connectivity index (χ3n) is 3.45. The molecule has 6 nitrogen and oxygen atoms in total. The highest BCUT2D eigenvalue weighted by Gasteiger charge is 2.41. The van der Waals surface area contributed by atoms with Crippen molar-refractivity contribution in [1.82, 2.24) is 4.90 Å². The van der Waals surface area contributed by atoms with Crippen LogP contribution in [-0.4, -0.2) is 41.3 Å². The molecule has 0 N–H and O–H groups in total. The van der Waals surface area contributed by atoms with Gasteiger partial charge in [-0.2, -0.15) is 0 Å². The average Bonchev–Trinajstić information content (AvgIpc) is 2.84. The van der Waals surface area contributed by atoms with Crippen molar-refractivity contribution in [2.24, 2.45) is 0 Å². The second-order valence-electron chi connectivity index (χ2n) is 5.23. The number of thioether (sulfide) groups is 1. The van der Waals surface area contributed by atoms with Gasteiger partial charge < -0.3 is 9.47 Å². The van der Waals surface area contributed by atoms with Crippen molar-refractivity contribution >= 4 is 58.2 Å². The molecule has 1 aromatic carbocycles. The highest BCUT2D eigenvalue weighted by atomic mass is 35.5. The molecule has 0 radical (unpaired) electrons. The molecule has 1 fully saturated rings. The molecule has 1 saturated heterocycles. The lowest BCUT2D eigenvalue weighted by molar-refractivity contribution is -0.150. The number of rotatable bonds is 6. The van der Waals surface area contributed by atoms with Crippen LogP contribution < -0.4 is 4.74 Å². The van der Waals surface area contributed by atoms with E-state index < -0.39 is 23.2 Å². The van der Waals surface area contributed by atoms with Gasteiger partial charge in [-0.05, 0) is 56.3 Å². The molecule has 1 aliphatic rings. The van der Waals surface area contributed by atoms with E-state index in [0.717, 1.165) is 16.7 Å². The number of hydrogen-bond donors (Lipinski definition) is 0. The lowest BCUT2D eigenvalue weighted by Gasteiger charge is -2.19. The van der Waals surface area contributed by atoms with Gasteiger partial charge in [-0.15, -0.1) is 0 Å². The van der Waals surface area contributed by atoms with Gasteiger partial charge in [-0.1, -0.05) is 23.2 Å². The first-order chi connectivity index (χ1) is 12.3. The van der Waals surface area contributed by atoms with Crippen LogP contribution in [0, 0.1) is 0 Å². The van der Waals surface area contributed by atoms with E-state index in [9.17, 15) is 14.4 Å². The van der Waals surface area contributed by atoms with E-state index in [-0.39, 0.29) is 11.5 Å². The Morgan fingerprint density at radius 1 is 1.23 bits per heavy atom. The van der Waals surface area contributed by atoms with Crippen LogP contribution in [0.1, 0.15) is 26.3 Å². The van der Waals surface area contributed by atoms with Gasteiger partial charge >= 0.3 is 5.97 Å². The van der Waals surface area contributed by atoms with E-state index in [2.05, 4.69) is 0 Å². The number of carbonyl (C=O) groups is 3. The van der Waals surface area contributed by atoms with Crippen molar-refractivity contribution in [3.05, 3.63) is 32.6 Å². The number of imide groups is 1. The van der Waals surface area contributed by atoms with E-state index in [1.54, 1.807) is 26.0 Å². The summed E-state index contributed by atoms with van der Waals surface area (Å²) in [5.41, 5.74) is 0.540. The minimum Gasteiger partial charge on any atom is -0.491 e. The van der Waals surface area contributed by atoms with Gasteiger partial charge in [-0.3, -0.25) is 14.5 Å². The largest absolute Gasteiger partial charge is 0.491 e.